The molecular formula is C18H21N3O3. The van der Waals surface area contributed by atoms with Crippen LogP contribution in [0.5, 0.6) is 5.88 Å². The molecule has 6 heteroatoms. The maximum Gasteiger partial charge on any atom is 0.224 e. The zero-order valence-corrected chi connectivity index (χ0v) is 13.6. The summed E-state index contributed by atoms with van der Waals surface area (Å²) < 4.78 is 5.08. The van der Waals surface area contributed by atoms with Gasteiger partial charge in [0.05, 0.1) is 25.7 Å². The van der Waals surface area contributed by atoms with Gasteiger partial charge in [0.25, 0.3) is 0 Å². The molecule has 1 aliphatic rings. The Bertz CT molecular complexity index is 670. The van der Waals surface area contributed by atoms with E-state index < -0.39 is 0 Å². The highest BCUT2D eigenvalue weighted by Crippen LogP contribution is 2.38. The Balaban J connectivity index is 1.71. The Morgan fingerprint density at radius 3 is 2.79 bits per heavy atom. The highest BCUT2D eigenvalue weighted by molar-refractivity contribution is 5.79. The molecule has 2 aromatic rings. The van der Waals surface area contributed by atoms with E-state index in [0.29, 0.717) is 18.7 Å². The van der Waals surface area contributed by atoms with Crippen molar-refractivity contribution in [1.82, 2.24) is 15.3 Å². The van der Waals surface area contributed by atoms with Gasteiger partial charge < -0.3 is 15.2 Å². The van der Waals surface area contributed by atoms with Crippen LogP contribution >= 0.6 is 0 Å². The summed E-state index contributed by atoms with van der Waals surface area (Å²) in [5, 5.41) is 12.7. The Hall–Kier alpha value is -2.47. The predicted molar refractivity (Wildman–Crippen MR) is 88.3 cm³/mol. The van der Waals surface area contributed by atoms with Gasteiger partial charge in [-0.15, -0.1) is 0 Å². The lowest BCUT2D eigenvalue weighted by molar-refractivity contribution is -0.122. The zero-order valence-electron chi connectivity index (χ0n) is 13.6. The Kier molecular flexibility index (Phi) is 5.05. The van der Waals surface area contributed by atoms with E-state index in [9.17, 15) is 9.90 Å². The van der Waals surface area contributed by atoms with Gasteiger partial charge in [-0.1, -0.05) is 12.1 Å². The van der Waals surface area contributed by atoms with Crippen molar-refractivity contribution in [2.24, 2.45) is 5.92 Å². The van der Waals surface area contributed by atoms with Crippen molar-refractivity contribution in [1.29, 1.82) is 0 Å². The number of aliphatic hydroxyl groups is 1. The number of carbonyl (C=O) groups excluding carboxylic acids is 1. The fourth-order valence-corrected chi connectivity index (χ4v) is 2.98. The van der Waals surface area contributed by atoms with E-state index in [-0.39, 0.29) is 30.4 Å². The average Bonchev–Trinajstić information content (AvgIpc) is 2.58. The third-order valence-electron chi connectivity index (χ3n) is 4.35. The molecule has 24 heavy (non-hydrogen) atoms. The van der Waals surface area contributed by atoms with E-state index in [1.807, 2.05) is 18.2 Å². The highest BCUT2D eigenvalue weighted by atomic mass is 16.5. The van der Waals surface area contributed by atoms with Crippen molar-refractivity contribution in [3.8, 4) is 5.88 Å². The quantitative estimate of drug-likeness (QED) is 0.843. The summed E-state index contributed by atoms with van der Waals surface area (Å²) in [6.45, 7) is 0. The van der Waals surface area contributed by atoms with E-state index in [0.717, 1.165) is 11.1 Å². The molecule has 1 saturated carbocycles. The van der Waals surface area contributed by atoms with Crippen LogP contribution in [0.15, 0.2) is 42.9 Å². The van der Waals surface area contributed by atoms with Gasteiger partial charge in [0.1, 0.15) is 0 Å². The van der Waals surface area contributed by atoms with Crippen molar-refractivity contribution in [3.05, 3.63) is 54.0 Å². The maximum absolute atomic E-state index is 12.4. The minimum atomic E-state index is -0.279. The van der Waals surface area contributed by atoms with Crippen molar-refractivity contribution in [2.45, 2.75) is 31.4 Å². The number of nitrogens with zero attached hydrogens (tertiary/aromatic N) is 2. The number of methoxy groups -OCH3 is 1. The molecule has 1 aliphatic carbocycles. The minimum Gasteiger partial charge on any atom is -0.481 e. The standard InChI is InChI=1S/C18H21N3O3/c1-24-17-5-4-13(11-20-17)18(14-8-15(22)9-14)21-16(23)7-12-3-2-6-19-10-12/h2-6,10-11,14-15,18,22H,7-9H2,1H3,(H,21,23). The first-order valence-corrected chi connectivity index (χ1v) is 8.02. The summed E-state index contributed by atoms with van der Waals surface area (Å²) in [4.78, 5) is 20.7. The molecule has 2 heterocycles. The molecule has 3 rings (SSSR count). The summed E-state index contributed by atoms with van der Waals surface area (Å²) in [5.74, 6) is 0.686. The second-order valence-electron chi connectivity index (χ2n) is 6.10. The number of carbonyl (C=O) groups is 1. The van der Waals surface area contributed by atoms with Crippen LogP contribution in [-0.2, 0) is 11.2 Å². The molecule has 126 valence electrons. The predicted octanol–water partition coefficient (Wildman–Crippen LogP) is 1.66. The molecule has 1 amide bonds. The van der Waals surface area contributed by atoms with E-state index >= 15 is 0 Å². The van der Waals surface area contributed by atoms with Crippen LogP contribution in [-0.4, -0.2) is 34.2 Å². The van der Waals surface area contributed by atoms with Crippen LogP contribution in [0.1, 0.15) is 30.0 Å². The number of ether oxygens (including phenoxy) is 1. The van der Waals surface area contributed by atoms with E-state index in [4.69, 9.17) is 4.74 Å². The van der Waals surface area contributed by atoms with Crippen LogP contribution in [0.25, 0.3) is 0 Å². The molecule has 0 saturated heterocycles. The molecule has 0 bridgehead atoms. The third kappa shape index (κ3) is 3.89. The van der Waals surface area contributed by atoms with E-state index in [1.54, 1.807) is 31.8 Å². The van der Waals surface area contributed by atoms with Gasteiger partial charge in [0.2, 0.25) is 11.8 Å². The molecule has 2 aromatic heterocycles. The lowest BCUT2D eigenvalue weighted by Crippen LogP contribution is -2.41. The smallest absolute Gasteiger partial charge is 0.224 e. The lowest BCUT2D eigenvalue weighted by Gasteiger charge is -2.38. The number of hydrogen-bond acceptors (Lipinski definition) is 5. The Morgan fingerprint density at radius 2 is 2.21 bits per heavy atom. The molecule has 1 unspecified atom stereocenters. The molecular weight excluding hydrogens is 306 g/mol. The minimum absolute atomic E-state index is 0.0646. The van der Waals surface area contributed by atoms with Crippen LogP contribution in [0.3, 0.4) is 0 Å². The van der Waals surface area contributed by atoms with E-state index in [1.165, 1.54) is 0 Å². The van der Waals surface area contributed by atoms with Crippen LogP contribution in [0.4, 0.5) is 0 Å². The summed E-state index contributed by atoms with van der Waals surface area (Å²) in [5.41, 5.74) is 1.79. The summed E-state index contributed by atoms with van der Waals surface area (Å²) in [6, 6.07) is 7.23. The van der Waals surface area contributed by atoms with Crippen molar-refractivity contribution in [3.63, 3.8) is 0 Å². The number of pyridine rings is 2. The molecule has 0 radical (unpaired) electrons. The van der Waals surface area contributed by atoms with Gasteiger partial charge in [-0.3, -0.25) is 9.78 Å². The van der Waals surface area contributed by atoms with Gasteiger partial charge in [0.15, 0.2) is 0 Å². The SMILES string of the molecule is COc1ccc(C(NC(=O)Cc2cccnc2)C2CC(O)C2)cn1. The number of hydrogen-bond donors (Lipinski definition) is 2. The van der Waals surface area contributed by atoms with Gasteiger partial charge in [-0.05, 0) is 36.0 Å². The van der Waals surface area contributed by atoms with E-state index in [2.05, 4.69) is 15.3 Å². The van der Waals surface area contributed by atoms with Crippen LogP contribution in [0.2, 0.25) is 0 Å². The summed E-state index contributed by atoms with van der Waals surface area (Å²) >= 11 is 0. The normalized spacial score (nSPS) is 20.8. The Labute approximate surface area is 140 Å². The number of aliphatic hydroxyl groups excluding tert-OH is 1. The summed E-state index contributed by atoms with van der Waals surface area (Å²) in [6.07, 6.45) is 6.47. The first-order chi connectivity index (χ1) is 11.7. The van der Waals surface area contributed by atoms with Crippen molar-refractivity contribution >= 4 is 5.91 Å². The fraction of sp³-hybridized carbons (Fsp3) is 0.389. The van der Waals surface area contributed by atoms with Crippen molar-refractivity contribution < 1.29 is 14.6 Å². The maximum atomic E-state index is 12.4. The Morgan fingerprint density at radius 1 is 1.38 bits per heavy atom. The van der Waals surface area contributed by atoms with Gasteiger partial charge in [-0.25, -0.2) is 4.98 Å². The molecule has 0 aromatic carbocycles. The monoisotopic (exact) mass is 327 g/mol. The largest absolute Gasteiger partial charge is 0.481 e. The number of rotatable bonds is 6. The van der Waals surface area contributed by atoms with Gasteiger partial charge in [-0.2, -0.15) is 0 Å². The van der Waals surface area contributed by atoms with Crippen LogP contribution < -0.4 is 10.1 Å². The molecule has 1 atom stereocenters. The first kappa shape index (κ1) is 16.4. The summed E-state index contributed by atoms with van der Waals surface area (Å²) in [7, 11) is 1.57. The fourth-order valence-electron chi connectivity index (χ4n) is 2.98. The number of amides is 1. The zero-order chi connectivity index (χ0) is 16.9. The van der Waals surface area contributed by atoms with Gasteiger partial charge in [0, 0.05) is 24.7 Å². The van der Waals surface area contributed by atoms with Crippen LogP contribution in [0, 0.1) is 5.92 Å². The highest BCUT2D eigenvalue weighted by Gasteiger charge is 2.35. The number of nitrogens with one attached hydrogen (secondary N) is 1. The molecule has 2 N–H and O–H groups in total. The first-order valence-electron chi connectivity index (χ1n) is 8.02. The average molecular weight is 327 g/mol. The second kappa shape index (κ2) is 7.40. The number of aromatic nitrogens is 2. The second-order valence-corrected chi connectivity index (χ2v) is 6.10. The lowest BCUT2D eigenvalue weighted by atomic mass is 9.75. The third-order valence-corrected chi connectivity index (χ3v) is 4.35. The molecule has 0 spiro atoms. The molecule has 6 nitrogen and oxygen atoms in total. The van der Waals surface area contributed by atoms with Crippen molar-refractivity contribution in [2.75, 3.05) is 7.11 Å². The molecule has 0 aliphatic heterocycles. The molecule has 1 fully saturated rings. The topological polar surface area (TPSA) is 84.3 Å². The van der Waals surface area contributed by atoms with Gasteiger partial charge >= 0.3 is 0 Å².